The quantitative estimate of drug-likeness (QED) is 0.0259. The molecule has 21 nitrogen and oxygen atoms in total. The largest absolute Gasteiger partial charge is 0.481 e. The van der Waals surface area contributed by atoms with Gasteiger partial charge in [0.1, 0.15) is 6.54 Å². The summed E-state index contributed by atoms with van der Waals surface area (Å²) in [6.07, 6.45) is 15.3. The molecule has 0 saturated carbocycles. The second kappa shape index (κ2) is 32.0. The number of methoxy groups -OCH3 is 2. The number of hydrogen-bond acceptors (Lipinski definition) is 16. The van der Waals surface area contributed by atoms with Crippen molar-refractivity contribution in [3.8, 4) is 0 Å². The first-order valence-corrected chi connectivity index (χ1v) is 29.7. The van der Waals surface area contributed by atoms with Gasteiger partial charge in [0, 0.05) is 81.3 Å². The molecule has 2 aromatic rings. The van der Waals surface area contributed by atoms with E-state index in [4.69, 9.17) is 37.9 Å². The van der Waals surface area contributed by atoms with Crippen molar-refractivity contribution in [1.29, 1.82) is 0 Å². The molecular weight excluding hydrogens is 1050 g/mol. The molecule has 0 fully saturated rings. The molecule has 24 heteroatoms. The van der Waals surface area contributed by atoms with Gasteiger partial charge in [-0.1, -0.05) is 36.8 Å². The Labute approximate surface area is 448 Å². The maximum absolute atomic E-state index is 12.4. The molecule has 0 amide bonds. The van der Waals surface area contributed by atoms with Crippen molar-refractivity contribution in [2.75, 3.05) is 130 Å². The number of unbranched alkanes of at least 4 members (excludes halogenated alkanes) is 2. The number of rotatable bonds is 40. The van der Waals surface area contributed by atoms with E-state index in [1.165, 1.54) is 24.3 Å². The molecule has 2 unspecified atom stereocenters. The van der Waals surface area contributed by atoms with E-state index in [1.807, 2.05) is 36.7 Å². The van der Waals surface area contributed by atoms with Gasteiger partial charge in [-0.2, -0.15) is 29.8 Å². The Kier molecular flexibility index (Phi) is 27.0. The van der Waals surface area contributed by atoms with Gasteiger partial charge in [0.05, 0.1) is 100 Å². The Bertz CT molecular complexity index is 2670. The zero-order valence-electron chi connectivity index (χ0n) is 44.0. The Hall–Kier alpha value is -4.25. The van der Waals surface area contributed by atoms with Crippen molar-refractivity contribution in [3.05, 3.63) is 95.8 Å². The third kappa shape index (κ3) is 20.5. The van der Waals surface area contributed by atoms with Crippen LogP contribution in [0.5, 0.6) is 0 Å². The highest BCUT2D eigenvalue weighted by Gasteiger charge is 2.48. The summed E-state index contributed by atoms with van der Waals surface area (Å²) in [7, 11) is -10.3. The zero-order valence-corrected chi connectivity index (χ0v) is 46.5. The third-order valence-corrected chi connectivity index (χ3v) is 15.4. The molecule has 4 rings (SSSR count). The van der Waals surface area contributed by atoms with Crippen molar-refractivity contribution in [2.45, 2.75) is 79.4 Å². The van der Waals surface area contributed by atoms with Gasteiger partial charge >= 0.3 is 5.97 Å². The Balaban J connectivity index is 1.63. The molecule has 0 radical (unpaired) electrons. The number of fused-ring (bicyclic) bond motifs is 2. The Morgan fingerprint density at radius 1 is 0.592 bits per heavy atom. The molecule has 0 aliphatic carbocycles. The van der Waals surface area contributed by atoms with E-state index in [2.05, 4.69) is 4.90 Å². The van der Waals surface area contributed by atoms with Crippen molar-refractivity contribution >= 4 is 53.4 Å². The highest BCUT2D eigenvalue weighted by atomic mass is 32.2. The van der Waals surface area contributed by atoms with E-state index in [0.29, 0.717) is 134 Å². The molecule has 76 heavy (non-hydrogen) atoms. The number of carbonyl (C=O) groups is 1. The van der Waals surface area contributed by atoms with Crippen LogP contribution in [0.25, 0.3) is 0 Å². The molecule has 2 aromatic carbocycles. The van der Waals surface area contributed by atoms with Crippen LogP contribution < -0.4 is 4.90 Å². The van der Waals surface area contributed by atoms with Crippen molar-refractivity contribution in [2.24, 2.45) is 0 Å². The molecule has 0 spiro atoms. The van der Waals surface area contributed by atoms with Crippen LogP contribution in [0.15, 0.2) is 94.4 Å². The number of anilines is 1. The summed E-state index contributed by atoms with van der Waals surface area (Å²) in [5, 5.41) is 9.23. The SMILES string of the molecule is COCCOCCOCCOCCC1(C)C(=CC=CC=CC=CC2=[N+](CCCS(=O)(=O)O)c3ccc(S(=O)(=O)O)cc3C2(C)CCOCCOCCOCCOC)N(CCCCCC(=O)O)c2ccc(S(=O)(=O)O)cc21. The van der Waals surface area contributed by atoms with Gasteiger partial charge in [0.25, 0.3) is 30.4 Å². The van der Waals surface area contributed by atoms with Gasteiger partial charge in [0.2, 0.25) is 5.69 Å². The molecule has 426 valence electrons. The van der Waals surface area contributed by atoms with Gasteiger partial charge in [-0.05, 0) is 81.5 Å². The number of carboxylic acid groups (broad SMARTS) is 1. The summed E-state index contributed by atoms with van der Waals surface area (Å²) in [4.78, 5) is 12.8. The Morgan fingerprint density at radius 2 is 1.08 bits per heavy atom. The van der Waals surface area contributed by atoms with Crippen LogP contribution in [0.3, 0.4) is 0 Å². The van der Waals surface area contributed by atoms with Crippen LogP contribution in [-0.4, -0.2) is 186 Å². The molecule has 0 saturated heterocycles. The Morgan fingerprint density at radius 3 is 1.61 bits per heavy atom. The molecule has 2 aliphatic heterocycles. The lowest BCUT2D eigenvalue weighted by Crippen LogP contribution is -2.33. The van der Waals surface area contributed by atoms with Gasteiger partial charge in [-0.25, -0.2) is 0 Å². The normalized spacial score (nSPS) is 18.6. The second-order valence-corrected chi connectivity index (χ2v) is 22.8. The predicted molar refractivity (Wildman–Crippen MR) is 285 cm³/mol. The summed E-state index contributed by atoms with van der Waals surface area (Å²) in [6, 6.07) is 8.74. The number of benzene rings is 2. The maximum Gasteiger partial charge on any atom is 0.303 e. The van der Waals surface area contributed by atoms with Crippen LogP contribution in [-0.2, 0) is 83.9 Å². The standard InChI is InChI=1S/C52H76N2O19S3/c1-51(21-25-68-31-33-72-37-35-70-29-27-66-3)44-40-42(75(60,61)62)17-19-46(44)53(23-12-8-11-16-50(55)56)48(51)14-9-6-5-7-10-15-49-52(2,22-26-69-32-34-73-38-36-71-30-28-67-4)45-41-43(76(63,64)65)18-20-47(45)54(49)24-13-39-74(57,58)59/h5-7,9-10,14-15,17-20,40-41H,8,11-13,16,21-39H2,1-4H3,(H3-,55,56,57,58,59,60,61,62,63,64,65)/p+1. The van der Waals surface area contributed by atoms with Crippen LogP contribution in [0.1, 0.15) is 69.9 Å². The van der Waals surface area contributed by atoms with Crippen LogP contribution in [0.2, 0.25) is 0 Å². The minimum atomic E-state index is -4.61. The number of nitrogens with zero attached hydrogens (tertiary/aromatic N) is 2. The lowest BCUT2D eigenvalue weighted by Gasteiger charge is -2.30. The summed E-state index contributed by atoms with van der Waals surface area (Å²) in [5.41, 5.74) is 2.32. The first kappa shape index (κ1) is 64.3. The van der Waals surface area contributed by atoms with E-state index in [-0.39, 0.29) is 49.0 Å². The van der Waals surface area contributed by atoms with E-state index in [0.717, 1.165) is 11.4 Å². The fraction of sp³-hybridized carbons (Fsp3) is 0.577. The van der Waals surface area contributed by atoms with Crippen molar-refractivity contribution in [3.63, 3.8) is 0 Å². The molecule has 2 aliphatic rings. The number of carboxylic acids is 1. The minimum Gasteiger partial charge on any atom is -0.481 e. The smallest absolute Gasteiger partial charge is 0.303 e. The predicted octanol–water partition coefficient (Wildman–Crippen LogP) is 5.96. The summed E-state index contributed by atoms with van der Waals surface area (Å²) in [6.45, 7) is 9.61. The topological polar surface area (TPSA) is 280 Å². The van der Waals surface area contributed by atoms with E-state index in [9.17, 15) is 48.8 Å². The maximum atomic E-state index is 12.4. The fourth-order valence-electron chi connectivity index (χ4n) is 8.93. The number of aliphatic carboxylic acids is 1. The number of hydrogen-bond donors (Lipinski definition) is 4. The highest BCUT2D eigenvalue weighted by molar-refractivity contribution is 7.86. The molecule has 0 bridgehead atoms. The molecule has 2 heterocycles. The molecule has 2 atom stereocenters. The van der Waals surface area contributed by atoms with Crippen LogP contribution in [0, 0.1) is 0 Å². The average Bonchev–Trinajstić information content (AvgIpc) is 3.74. The lowest BCUT2D eigenvalue weighted by atomic mass is 9.76. The van der Waals surface area contributed by atoms with Gasteiger partial charge in [0.15, 0.2) is 5.71 Å². The monoisotopic (exact) mass is 1130 g/mol. The molecular formula is C52H77N2O19S3+. The highest BCUT2D eigenvalue weighted by Crippen LogP contribution is 2.51. The van der Waals surface area contributed by atoms with E-state index in [1.54, 1.807) is 50.7 Å². The first-order chi connectivity index (χ1) is 36.2. The van der Waals surface area contributed by atoms with Gasteiger partial charge in [-0.15, -0.1) is 0 Å². The lowest BCUT2D eigenvalue weighted by molar-refractivity contribution is -0.437. The zero-order chi connectivity index (χ0) is 55.7. The number of ether oxygens (including phenoxy) is 8. The second-order valence-electron chi connectivity index (χ2n) is 18.3. The fourth-order valence-corrected chi connectivity index (χ4v) is 10.4. The van der Waals surface area contributed by atoms with Crippen molar-refractivity contribution in [1.82, 2.24) is 0 Å². The average molecular weight is 1130 g/mol. The van der Waals surface area contributed by atoms with Crippen LogP contribution in [0.4, 0.5) is 11.4 Å². The minimum absolute atomic E-state index is 0.0322. The first-order valence-electron chi connectivity index (χ1n) is 25.2. The third-order valence-electron chi connectivity index (χ3n) is 12.9. The van der Waals surface area contributed by atoms with Crippen molar-refractivity contribution < 1.29 is 91.3 Å². The van der Waals surface area contributed by atoms with E-state index >= 15 is 0 Å². The molecule has 0 aromatic heterocycles. The summed E-state index contributed by atoms with van der Waals surface area (Å²) in [5.74, 6) is -1.40. The summed E-state index contributed by atoms with van der Waals surface area (Å²) < 4.78 is 149. The van der Waals surface area contributed by atoms with Crippen LogP contribution >= 0.6 is 0 Å². The number of allylic oxidation sites excluding steroid dienone is 8. The summed E-state index contributed by atoms with van der Waals surface area (Å²) >= 11 is 0. The van der Waals surface area contributed by atoms with Gasteiger partial charge < -0.3 is 47.9 Å². The van der Waals surface area contributed by atoms with Gasteiger partial charge in [-0.3, -0.25) is 18.5 Å². The van der Waals surface area contributed by atoms with E-state index < -0.39 is 52.9 Å². The molecule has 4 N–H and O–H groups in total.